The van der Waals surface area contributed by atoms with Gasteiger partial charge in [0.15, 0.2) is 0 Å². The number of rotatable bonds is 6. The first-order valence-electron chi connectivity index (χ1n) is 9.08. The number of likely N-dealkylation sites (tertiary alicyclic amines) is 1. The maximum Gasteiger partial charge on any atom is 0.253 e. The molecule has 5 nitrogen and oxygen atoms in total. The Kier molecular flexibility index (Phi) is 7.19. The van der Waals surface area contributed by atoms with Gasteiger partial charge in [0.25, 0.3) is 5.91 Å². The zero-order valence-electron chi connectivity index (χ0n) is 15.1. The maximum atomic E-state index is 12.6. The number of carbonyl (C=O) groups excluding carboxylic acids is 2. The topological polar surface area (TPSA) is 69.6 Å². The van der Waals surface area contributed by atoms with Gasteiger partial charge < -0.3 is 15.3 Å². The third-order valence-corrected chi connectivity index (χ3v) is 4.78. The summed E-state index contributed by atoms with van der Waals surface area (Å²) < 4.78 is 0. The minimum Gasteiger partial charge on any atom is -0.396 e. The summed E-state index contributed by atoms with van der Waals surface area (Å²) in [6.07, 6.45) is 5.01. The average Bonchev–Trinajstić information content (AvgIpc) is 2.65. The summed E-state index contributed by atoms with van der Waals surface area (Å²) in [5.41, 5.74) is 2.30. The van der Waals surface area contributed by atoms with Crippen molar-refractivity contribution in [1.82, 2.24) is 4.90 Å². The van der Waals surface area contributed by atoms with Gasteiger partial charge in [-0.15, -0.1) is 0 Å². The molecule has 0 aromatic heterocycles. The highest BCUT2D eigenvalue weighted by Crippen LogP contribution is 2.20. The quantitative estimate of drug-likeness (QED) is 0.779. The van der Waals surface area contributed by atoms with Gasteiger partial charge in [-0.3, -0.25) is 9.59 Å². The molecule has 5 heteroatoms. The Hall–Kier alpha value is -2.14. The third-order valence-electron chi connectivity index (χ3n) is 4.78. The first kappa shape index (κ1) is 19.2. The molecule has 2 rings (SSSR count). The molecule has 0 atom stereocenters. The number of aliphatic hydroxyl groups excluding tert-OH is 1. The number of anilines is 1. The van der Waals surface area contributed by atoms with Crippen molar-refractivity contribution < 1.29 is 14.7 Å². The lowest BCUT2D eigenvalue weighted by Crippen LogP contribution is -2.39. The number of amides is 2. The van der Waals surface area contributed by atoms with Gasteiger partial charge >= 0.3 is 0 Å². The number of carbonyl (C=O) groups is 2. The van der Waals surface area contributed by atoms with Crippen LogP contribution in [0.1, 0.15) is 49.9 Å². The lowest BCUT2D eigenvalue weighted by molar-refractivity contribution is -0.112. The van der Waals surface area contributed by atoms with Crippen LogP contribution < -0.4 is 5.32 Å². The first-order valence-corrected chi connectivity index (χ1v) is 9.08. The molecule has 1 aromatic carbocycles. The summed E-state index contributed by atoms with van der Waals surface area (Å²) in [5.74, 6) is 0.116. The molecule has 1 aromatic rings. The van der Waals surface area contributed by atoms with Gasteiger partial charge in [0.1, 0.15) is 0 Å². The molecular formula is C20H28N2O3. The smallest absolute Gasteiger partial charge is 0.253 e. The van der Waals surface area contributed by atoms with Gasteiger partial charge in [0.2, 0.25) is 5.91 Å². The molecule has 25 heavy (non-hydrogen) atoms. The van der Waals surface area contributed by atoms with Crippen LogP contribution in [0.5, 0.6) is 0 Å². The van der Waals surface area contributed by atoms with Crippen molar-refractivity contribution in [2.75, 3.05) is 25.0 Å². The lowest BCUT2D eigenvalue weighted by Gasteiger charge is -2.31. The van der Waals surface area contributed by atoms with Gasteiger partial charge in [0.05, 0.1) is 0 Å². The van der Waals surface area contributed by atoms with Crippen molar-refractivity contribution in [2.24, 2.45) is 5.92 Å². The van der Waals surface area contributed by atoms with Gasteiger partial charge in [-0.1, -0.05) is 25.5 Å². The van der Waals surface area contributed by atoms with Crippen molar-refractivity contribution in [3.63, 3.8) is 0 Å². The lowest BCUT2D eigenvalue weighted by atomic mass is 9.97. The van der Waals surface area contributed by atoms with Crippen LogP contribution in [0.4, 0.5) is 5.69 Å². The molecule has 0 spiro atoms. The van der Waals surface area contributed by atoms with E-state index in [9.17, 15) is 14.7 Å². The van der Waals surface area contributed by atoms with Crippen molar-refractivity contribution >= 4 is 17.5 Å². The molecule has 0 unspecified atom stereocenters. The molecule has 0 radical (unpaired) electrons. The average molecular weight is 344 g/mol. The standard InChI is InChI=1S/C20H28N2O3/c1-3-15(4-2)12-19(24)21-18-7-5-6-17(13-18)20(25)22-10-8-16(14-23)9-11-22/h5-7,12-13,16,23H,3-4,8-11,14H2,1-2H3,(H,21,24). The fourth-order valence-electron chi connectivity index (χ4n) is 3.05. The fraction of sp³-hybridized carbons (Fsp3) is 0.500. The number of nitrogens with zero attached hydrogens (tertiary/aromatic N) is 1. The van der Waals surface area contributed by atoms with E-state index in [1.807, 2.05) is 18.7 Å². The molecule has 1 fully saturated rings. The summed E-state index contributed by atoms with van der Waals surface area (Å²) in [6, 6.07) is 7.07. The zero-order valence-corrected chi connectivity index (χ0v) is 15.1. The second-order valence-electron chi connectivity index (χ2n) is 6.50. The van der Waals surface area contributed by atoms with Crippen LogP contribution in [-0.4, -0.2) is 41.5 Å². The summed E-state index contributed by atoms with van der Waals surface area (Å²) in [5, 5.41) is 12.0. The minimum absolute atomic E-state index is 0.0224. The highest BCUT2D eigenvalue weighted by atomic mass is 16.3. The van der Waals surface area contributed by atoms with Crippen LogP contribution in [0, 0.1) is 5.92 Å². The Morgan fingerprint density at radius 1 is 1.24 bits per heavy atom. The van der Waals surface area contributed by atoms with E-state index in [4.69, 9.17) is 0 Å². The van der Waals surface area contributed by atoms with Crippen LogP contribution in [-0.2, 0) is 4.79 Å². The van der Waals surface area contributed by atoms with Crippen molar-refractivity contribution in [2.45, 2.75) is 39.5 Å². The Balaban J connectivity index is 2.02. The van der Waals surface area contributed by atoms with E-state index in [2.05, 4.69) is 5.32 Å². The molecule has 2 N–H and O–H groups in total. The van der Waals surface area contributed by atoms with Crippen molar-refractivity contribution in [3.05, 3.63) is 41.5 Å². The second-order valence-corrected chi connectivity index (χ2v) is 6.50. The predicted molar refractivity (Wildman–Crippen MR) is 99.5 cm³/mol. The number of nitrogens with one attached hydrogen (secondary N) is 1. The van der Waals surface area contributed by atoms with Crippen LogP contribution in [0.3, 0.4) is 0 Å². The van der Waals surface area contributed by atoms with E-state index in [1.54, 1.807) is 30.3 Å². The Bertz CT molecular complexity index is 626. The highest BCUT2D eigenvalue weighted by Gasteiger charge is 2.23. The van der Waals surface area contributed by atoms with Crippen LogP contribution in [0.2, 0.25) is 0 Å². The molecular weight excluding hydrogens is 316 g/mol. The SMILES string of the molecule is CCC(=CC(=O)Nc1cccc(C(=O)N2CCC(CO)CC2)c1)CC. The zero-order chi connectivity index (χ0) is 18.2. The van der Waals surface area contributed by atoms with E-state index < -0.39 is 0 Å². The molecule has 1 heterocycles. The van der Waals surface area contributed by atoms with Crippen molar-refractivity contribution in [1.29, 1.82) is 0 Å². The molecule has 1 saturated heterocycles. The number of benzene rings is 1. The van der Waals surface area contributed by atoms with E-state index in [0.29, 0.717) is 30.3 Å². The maximum absolute atomic E-state index is 12.6. The summed E-state index contributed by atoms with van der Waals surface area (Å²) in [7, 11) is 0. The van der Waals surface area contributed by atoms with Gasteiger partial charge in [0, 0.05) is 37.0 Å². The van der Waals surface area contributed by atoms with Crippen molar-refractivity contribution in [3.8, 4) is 0 Å². The van der Waals surface area contributed by atoms with Gasteiger partial charge in [-0.05, 0) is 49.8 Å². The number of piperidine rings is 1. The van der Waals surface area contributed by atoms with Gasteiger partial charge in [-0.25, -0.2) is 0 Å². The van der Waals surface area contributed by atoms with E-state index in [1.165, 1.54) is 0 Å². The number of hydrogen-bond acceptors (Lipinski definition) is 3. The molecule has 1 aliphatic heterocycles. The summed E-state index contributed by atoms with van der Waals surface area (Å²) in [6.45, 7) is 5.58. The Morgan fingerprint density at radius 2 is 1.92 bits per heavy atom. The van der Waals surface area contributed by atoms with Gasteiger partial charge in [-0.2, -0.15) is 0 Å². The Labute approximate surface area is 149 Å². The monoisotopic (exact) mass is 344 g/mol. The number of aliphatic hydroxyl groups is 1. The molecule has 136 valence electrons. The number of hydrogen-bond donors (Lipinski definition) is 2. The fourth-order valence-corrected chi connectivity index (χ4v) is 3.05. The van der Waals surface area contributed by atoms with Crippen LogP contribution >= 0.6 is 0 Å². The van der Waals surface area contributed by atoms with E-state index in [-0.39, 0.29) is 18.4 Å². The molecule has 0 saturated carbocycles. The minimum atomic E-state index is -0.160. The molecule has 2 amide bonds. The Morgan fingerprint density at radius 3 is 2.52 bits per heavy atom. The summed E-state index contributed by atoms with van der Waals surface area (Å²) in [4.78, 5) is 26.5. The molecule has 0 aliphatic carbocycles. The largest absolute Gasteiger partial charge is 0.396 e. The first-order chi connectivity index (χ1) is 12.1. The summed E-state index contributed by atoms with van der Waals surface area (Å²) >= 11 is 0. The normalized spacial score (nSPS) is 14.9. The molecule has 0 bridgehead atoms. The number of allylic oxidation sites excluding steroid dienone is 1. The van der Waals surface area contributed by atoms with Crippen LogP contribution in [0.15, 0.2) is 35.9 Å². The van der Waals surface area contributed by atoms with E-state index in [0.717, 1.165) is 31.3 Å². The third kappa shape index (κ3) is 5.43. The predicted octanol–water partition coefficient (Wildman–Crippen LogP) is 3.22. The van der Waals surface area contributed by atoms with Crippen LogP contribution in [0.25, 0.3) is 0 Å². The van der Waals surface area contributed by atoms with E-state index >= 15 is 0 Å². The molecule has 1 aliphatic rings. The second kappa shape index (κ2) is 9.37. The highest BCUT2D eigenvalue weighted by molar-refractivity contribution is 6.01.